The van der Waals surface area contributed by atoms with Crippen molar-refractivity contribution in [3.05, 3.63) is 24.3 Å². The minimum atomic E-state index is -1.80. The molecular weight excluding hydrogens is 521 g/mol. The standard InChI is InChI=1S/C26H54O6Si4/c1-23(2)25(27)29-17-13-15-19-33(5,6)31-35(9,10)21-22-36(11,12)32-34(7,8)20-16-14-18-30-26(28)24(3)4/h1,3,13-22H2,2,4-12H3. The van der Waals surface area contributed by atoms with E-state index in [-0.39, 0.29) is 11.9 Å². The van der Waals surface area contributed by atoms with Crippen LogP contribution in [0.25, 0.3) is 0 Å². The molecule has 0 aliphatic rings. The maximum atomic E-state index is 11.5. The van der Waals surface area contributed by atoms with Gasteiger partial charge >= 0.3 is 11.9 Å². The van der Waals surface area contributed by atoms with Crippen molar-refractivity contribution in [1.82, 2.24) is 0 Å². The van der Waals surface area contributed by atoms with Crippen molar-refractivity contribution in [2.75, 3.05) is 13.2 Å². The lowest BCUT2D eigenvalue weighted by Gasteiger charge is -2.38. The summed E-state index contributed by atoms with van der Waals surface area (Å²) >= 11 is 0. The summed E-state index contributed by atoms with van der Waals surface area (Å²) in [5.41, 5.74) is 0.896. The molecule has 0 fully saturated rings. The van der Waals surface area contributed by atoms with Crippen molar-refractivity contribution in [1.29, 1.82) is 0 Å². The first kappa shape index (κ1) is 35.2. The largest absolute Gasteiger partial charge is 0.462 e. The molecule has 0 unspecified atom stereocenters. The van der Waals surface area contributed by atoms with Gasteiger partial charge in [-0.05, 0) is 103 Å². The third-order valence-corrected chi connectivity index (χ3v) is 21.3. The average molecular weight is 575 g/mol. The second-order valence-corrected chi connectivity index (χ2v) is 30.2. The van der Waals surface area contributed by atoms with Crippen LogP contribution in [0.3, 0.4) is 0 Å². The van der Waals surface area contributed by atoms with Crippen LogP contribution >= 0.6 is 0 Å². The molecule has 6 nitrogen and oxygen atoms in total. The molecule has 0 aromatic carbocycles. The van der Waals surface area contributed by atoms with Gasteiger partial charge in [-0.15, -0.1) is 0 Å². The predicted octanol–water partition coefficient (Wildman–Crippen LogP) is 7.64. The summed E-state index contributed by atoms with van der Waals surface area (Å²) in [5.74, 6) is -0.610. The van der Waals surface area contributed by atoms with Crippen LogP contribution in [0.5, 0.6) is 0 Å². The van der Waals surface area contributed by atoms with Gasteiger partial charge in [-0.3, -0.25) is 0 Å². The van der Waals surface area contributed by atoms with Crippen molar-refractivity contribution in [3.63, 3.8) is 0 Å². The summed E-state index contributed by atoms with van der Waals surface area (Å²) in [6.07, 6.45) is 3.76. The zero-order chi connectivity index (χ0) is 28.2. The molecule has 0 aromatic rings. The highest BCUT2D eigenvalue weighted by molar-refractivity contribution is 6.88. The summed E-state index contributed by atoms with van der Waals surface area (Å²) in [6, 6.07) is 4.40. The molecule has 0 saturated carbocycles. The number of rotatable bonds is 19. The molecule has 210 valence electrons. The van der Waals surface area contributed by atoms with Gasteiger partial charge in [0.1, 0.15) is 0 Å². The molecule has 36 heavy (non-hydrogen) atoms. The number of carbonyl (C=O) groups is 2. The van der Waals surface area contributed by atoms with E-state index in [4.69, 9.17) is 17.7 Å². The lowest BCUT2D eigenvalue weighted by atomic mass is 10.3. The molecule has 0 bridgehead atoms. The number of ether oxygens (including phenoxy) is 2. The Morgan fingerprint density at radius 1 is 0.528 bits per heavy atom. The second kappa shape index (κ2) is 15.6. The van der Waals surface area contributed by atoms with Gasteiger partial charge in [-0.25, -0.2) is 9.59 Å². The second-order valence-electron chi connectivity index (χ2n) is 12.5. The van der Waals surface area contributed by atoms with Crippen LogP contribution in [0.4, 0.5) is 0 Å². The van der Waals surface area contributed by atoms with Crippen LogP contribution in [0, 0.1) is 0 Å². The molecule has 0 heterocycles. The van der Waals surface area contributed by atoms with Crippen LogP contribution in [0.2, 0.25) is 76.6 Å². The first-order chi connectivity index (χ1) is 16.3. The lowest BCUT2D eigenvalue weighted by molar-refractivity contribution is -0.139. The van der Waals surface area contributed by atoms with E-state index in [2.05, 4.69) is 65.5 Å². The van der Waals surface area contributed by atoms with E-state index in [1.54, 1.807) is 13.8 Å². The van der Waals surface area contributed by atoms with Crippen LogP contribution < -0.4 is 0 Å². The number of esters is 2. The van der Waals surface area contributed by atoms with Crippen LogP contribution in [-0.2, 0) is 27.3 Å². The molecule has 0 radical (unpaired) electrons. The molecule has 10 heteroatoms. The van der Waals surface area contributed by atoms with Gasteiger partial charge in [-0.1, -0.05) is 26.0 Å². The highest BCUT2D eigenvalue weighted by Crippen LogP contribution is 2.30. The van der Waals surface area contributed by atoms with Crippen molar-refractivity contribution in [3.8, 4) is 0 Å². The third-order valence-electron chi connectivity index (χ3n) is 5.94. The number of carbonyl (C=O) groups excluding carboxylic acids is 2. The molecule has 0 aliphatic carbocycles. The molecule has 0 rings (SSSR count). The van der Waals surface area contributed by atoms with Crippen molar-refractivity contribution in [2.24, 2.45) is 0 Å². The van der Waals surface area contributed by atoms with E-state index >= 15 is 0 Å². The maximum Gasteiger partial charge on any atom is 0.333 e. The Morgan fingerprint density at radius 3 is 1.08 bits per heavy atom. The maximum absolute atomic E-state index is 11.5. The summed E-state index contributed by atoms with van der Waals surface area (Å²) in [6.45, 7) is 30.1. The molecule has 0 amide bonds. The molecule has 0 atom stereocenters. The Hall–Kier alpha value is -0.792. The zero-order valence-electron chi connectivity index (χ0n) is 24.9. The first-order valence-electron chi connectivity index (χ1n) is 13.3. The molecule has 0 aliphatic heterocycles. The van der Waals surface area contributed by atoms with E-state index in [9.17, 15) is 9.59 Å². The third kappa shape index (κ3) is 17.6. The van der Waals surface area contributed by atoms with Gasteiger partial charge in [0.05, 0.1) is 13.2 Å². The Bertz CT molecular complexity index is 685. The van der Waals surface area contributed by atoms with Crippen LogP contribution in [0.15, 0.2) is 24.3 Å². The lowest BCUT2D eigenvalue weighted by Crippen LogP contribution is -2.48. The fourth-order valence-electron chi connectivity index (χ4n) is 4.18. The molecule has 0 N–H and O–H groups in total. The van der Waals surface area contributed by atoms with E-state index < -0.39 is 33.3 Å². The van der Waals surface area contributed by atoms with Crippen molar-refractivity contribution < 1.29 is 27.3 Å². The fourth-order valence-corrected chi connectivity index (χ4v) is 24.8. The van der Waals surface area contributed by atoms with Crippen molar-refractivity contribution >= 4 is 45.2 Å². The fraction of sp³-hybridized carbons (Fsp3) is 0.769. The van der Waals surface area contributed by atoms with E-state index in [0.29, 0.717) is 24.4 Å². The van der Waals surface area contributed by atoms with Crippen LogP contribution in [-0.4, -0.2) is 58.4 Å². The van der Waals surface area contributed by atoms with E-state index in [1.165, 1.54) is 0 Å². The number of unbranched alkanes of at least 4 members (excludes halogenated alkanes) is 2. The van der Waals surface area contributed by atoms with Gasteiger partial charge < -0.3 is 17.7 Å². The van der Waals surface area contributed by atoms with Gasteiger partial charge in [0.15, 0.2) is 33.3 Å². The molecule has 0 saturated heterocycles. The topological polar surface area (TPSA) is 71.1 Å². The Labute approximate surface area is 225 Å². The predicted molar refractivity (Wildman–Crippen MR) is 161 cm³/mol. The number of hydrogen-bond acceptors (Lipinski definition) is 6. The SMILES string of the molecule is C=C(C)C(=O)OCCCC[Si](C)(C)O[Si](C)(C)CC[Si](C)(C)O[Si](C)(C)CCCCOC(=O)C(=C)C. The smallest absolute Gasteiger partial charge is 0.333 e. The highest BCUT2D eigenvalue weighted by atomic mass is 28.4. The monoisotopic (exact) mass is 574 g/mol. The van der Waals surface area contributed by atoms with E-state index in [0.717, 1.165) is 49.9 Å². The quantitative estimate of drug-likeness (QED) is 0.0683. The zero-order valence-corrected chi connectivity index (χ0v) is 28.9. The molecular formula is C26H54O6Si4. The van der Waals surface area contributed by atoms with Gasteiger partial charge in [0, 0.05) is 11.1 Å². The Kier molecular flexibility index (Phi) is 15.2. The van der Waals surface area contributed by atoms with Gasteiger partial charge in [-0.2, -0.15) is 0 Å². The summed E-state index contributed by atoms with van der Waals surface area (Å²) in [4.78, 5) is 23.0. The van der Waals surface area contributed by atoms with E-state index in [1.807, 2.05) is 0 Å². The number of hydrogen-bond donors (Lipinski definition) is 0. The molecule has 0 spiro atoms. The summed E-state index contributed by atoms with van der Waals surface area (Å²) in [5, 5.41) is 0. The molecule has 0 aromatic heterocycles. The normalized spacial score (nSPS) is 12.8. The van der Waals surface area contributed by atoms with Gasteiger partial charge in [0.25, 0.3) is 0 Å². The summed E-state index contributed by atoms with van der Waals surface area (Å²) in [7, 11) is -7.16. The summed E-state index contributed by atoms with van der Waals surface area (Å²) < 4.78 is 24.1. The van der Waals surface area contributed by atoms with Crippen molar-refractivity contribution in [2.45, 2.75) is 116 Å². The highest BCUT2D eigenvalue weighted by Gasteiger charge is 2.37. The van der Waals surface area contributed by atoms with Crippen LogP contribution in [0.1, 0.15) is 39.5 Å². The Balaban J connectivity index is 4.46. The van der Waals surface area contributed by atoms with Gasteiger partial charge in [0.2, 0.25) is 0 Å². The first-order valence-corrected chi connectivity index (χ1v) is 25.8. The Morgan fingerprint density at radius 2 is 0.806 bits per heavy atom. The average Bonchev–Trinajstić information content (AvgIpc) is 2.69. The minimum Gasteiger partial charge on any atom is -0.462 e. The minimum absolute atomic E-state index is 0.305.